The molecule has 17 heteroatoms. The van der Waals surface area contributed by atoms with E-state index in [2.05, 4.69) is 20.6 Å². The van der Waals surface area contributed by atoms with Gasteiger partial charge in [-0.2, -0.15) is 18.3 Å². The van der Waals surface area contributed by atoms with Gasteiger partial charge in [0.1, 0.15) is 28.2 Å². The Kier molecular flexibility index (Phi) is 7.19. The van der Waals surface area contributed by atoms with Crippen molar-refractivity contribution in [2.24, 2.45) is 0 Å². The Hall–Kier alpha value is -2.30. The van der Waals surface area contributed by atoms with E-state index in [1.54, 1.807) is 0 Å². The van der Waals surface area contributed by atoms with E-state index in [0.717, 1.165) is 14.6 Å². The molecule has 0 aromatic carbocycles. The Labute approximate surface area is 231 Å². The van der Waals surface area contributed by atoms with E-state index in [1.807, 2.05) is 6.92 Å². The van der Waals surface area contributed by atoms with Crippen LogP contribution in [-0.4, -0.2) is 70.7 Å². The number of nitrogens with one attached hydrogen (secondary N) is 1. The molecule has 10 nitrogen and oxygen atoms in total. The first-order valence-corrected chi connectivity index (χ1v) is 14.6. The number of aromatic nitrogens is 4. The molecule has 1 aliphatic carbocycles. The topological polar surface area (TPSA) is 130 Å². The first-order valence-electron chi connectivity index (χ1n) is 11.4. The first-order chi connectivity index (χ1) is 17.9. The molecule has 1 saturated carbocycles. The number of carboxylic acid groups (broad SMARTS) is 1. The van der Waals surface area contributed by atoms with E-state index < -0.39 is 52.1 Å². The molecule has 2 aromatic rings. The molecule has 0 radical (unpaired) electrons. The van der Waals surface area contributed by atoms with Gasteiger partial charge in [0, 0.05) is 17.4 Å². The monoisotopic (exact) mass is 608 g/mol. The highest BCUT2D eigenvalue weighted by molar-refractivity contribution is 8.01. The summed E-state index contributed by atoms with van der Waals surface area (Å²) in [5.41, 5.74) is -0.683. The average Bonchev–Trinajstić information content (AvgIpc) is 3.50. The first kappa shape index (κ1) is 27.3. The lowest BCUT2D eigenvalue weighted by Gasteiger charge is -2.49. The number of aryl methyl sites for hydroxylation is 1. The van der Waals surface area contributed by atoms with E-state index in [1.165, 1.54) is 41.8 Å². The molecule has 38 heavy (non-hydrogen) atoms. The van der Waals surface area contributed by atoms with Crippen LogP contribution in [0.5, 0.6) is 0 Å². The second-order valence-corrected chi connectivity index (χ2v) is 12.9. The molecule has 204 valence electrons. The number of carbonyl (C=O) groups excluding carboxylic acids is 2. The number of carboxylic acids is 1. The SMILES string of the molecule is Cc1nnc(SCC2=C(C(=O)O)N3C(=O)C(NC(=O)C(C)n4nc(C(F)(F)F)c(Cl)c4C4CC4)C3SC2)s1. The molecule has 3 aliphatic rings. The van der Waals surface area contributed by atoms with Gasteiger partial charge in [0.2, 0.25) is 5.91 Å². The van der Waals surface area contributed by atoms with Crippen LogP contribution in [0.25, 0.3) is 0 Å². The van der Waals surface area contributed by atoms with Gasteiger partial charge >= 0.3 is 12.1 Å². The summed E-state index contributed by atoms with van der Waals surface area (Å²) in [6.45, 7) is 3.19. The van der Waals surface area contributed by atoms with Crippen molar-refractivity contribution >= 4 is 64.2 Å². The average molecular weight is 609 g/mol. The molecule has 2 aromatic heterocycles. The summed E-state index contributed by atoms with van der Waals surface area (Å²) >= 11 is 10.0. The Morgan fingerprint density at radius 3 is 2.61 bits per heavy atom. The summed E-state index contributed by atoms with van der Waals surface area (Å²) in [5, 5.41) is 23.6. The van der Waals surface area contributed by atoms with Crippen molar-refractivity contribution in [1.82, 2.24) is 30.2 Å². The standard InChI is InChI=1S/C21H20ClF3N6O4S3/c1-7(31-13(9-3-4-9)11(22)15(29-31)21(23,24)25)16(32)26-12-17(33)30-14(19(34)35)10(5-36-18(12)30)6-37-20-28-27-8(2)38-20/h7,9,12,18H,3-6H2,1-2H3,(H,26,32)(H,34,35). The molecular formula is C21H20ClF3N6O4S3. The van der Waals surface area contributed by atoms with Crippen LogP contribution >= 0.6 is 46.5 Å². The van der Waals surface area contributed by atoms with Gasteiger partial charge in [0.05, 0.1) is 10.7 Å². The Bertz CT molecular complexity index is 1360. The minimum Gasteiger partial charge on any atom is -0.477 e. The fourth-order valence-electron chi connectivity index (χ4n) is 4.29. The smallest absolute Gasteiger partial charge is 0.436 e. The molecule has 3 atom stereocenters. The zero-order valence-electron chi connectivity index (χ0n) is 19.8. The van der Waals surface area contributed by atoms with E-state index >= 15 is 0 Å². The van der Waals surface area contributed by atoms with Gasteiger partial charge in [-0.3, -0.25) is 19.2 Å². The van der Waals surface area contributed by atoms with Crippen molar-refractivity contribution in [3.8, 4) is 0 Å². The Balaban J connectivity index is 1.31. The Morgan fingerprint density at radius 2 is 2.03 bits per heavy atom. The molecule has 2 amide bonds. The van der Waals surface area contributed by atoms with Crippen LogP contribution in [-0.2, 0) is 20.6 Å². The predicted molar refractivity (Wildman–Crippen MR) is 134 cm³/mol. The van der Waals surface area contributed by atoms with Crippen LogP contribution in [0, 0.1) is 6.92 Å². The van der Waals surface area contributed by atoms with Crippen LogP contribution < -0.4 is 5.32 Å². The van der Waals surface area contributed by atoms with Crippen molar-refractivity contribution in [1.29, 1.82) is 0 Å². The summed E-state index contributed by atoms with van der Waals surface area (Å²) < 4.78 is 41.9. The number of amides is 2. The summed E-state index contributed by atoms with van der Waals surface area (Å²) in [7, 11) is 0. The minimum atomic E-state index is -4.78. The van der Waals surface area contributed by atoms with E-state index in [4.69, 9.17) is 11.6 Å². The number of fused-ring (bicyclic) bond motifs is 1. The van der Waals surface area contributed by atoms with Gasteiger partial charge in [-0.25, -0.2) is 4.79 Å². The Morgan fingerprint density at radius 1 is 1.32 bits per heavy atom. The maximum atomic E-state index is 13.4. The zero-order valence-corrected chi connectivity index (χ0v) is 23.0. The van der Waals surface area contributed by atoms with Crippen molar-refractivity contribution in [3.05, 3.63) is 32.7 Å². The largest absolute Gasteiger partial charge is 0.477 e. The van der Waals surface area contributed by atoms with E-state index in [9.17, 15) is 32.7 Å². The maximum Gasteiger partial charge on any atom is 0.436 e. The number of aliphatic carboxylic acids is 1. The molecule has 5 rings (SSSR count). The van der Waals surface area contributed by atoms with Gasteiger partial charge in [0.15, 0.2) is 10.0 Å². The van der Waals surface area contributed by atoms with Crippen molar-refractivity contribution in [2.45, 2.75) is 60.6 Å². The van der Waals surface area contributed by atoms with E-state index in [-0.39, 0.29) is 17.3 Å². The highest BCUT2D eigenvalue weighted by Gasteiger charge is 2.54. The van der Waals surface area contributed by atoms with Crippen molar-refractivity contribution in [2.75, 3.05) is 11.5 Å². The summed E-state index contributed by atoms with van der Waals surface area (Å²) in [4.78, 5) is 39.2. The fourth-order valence-corrected chi connectivity index (χ4v) is 7.98. The second-order valence-electron chi connectivity index (χ2n) is 8.97. The van der Waals surface area contributed by atoms with Gasteiger partial charge in [-0.05, 0) is 32.3 Å². The normalized spacial score (nSPS) is 22.3. The molecule has 0 spiro atoms. The number of rotatable bonds is 8. The molecule has 1 saturated heterocycles. The summed E-state index contributed by atoms with van der Waals surface area (Å²) in [6.07, 6.45) is -3.51. The highest BCUT2D eigenvalue weighted by atomic mass is 35.5. The molecule has 2 N–H and O–H groups in total. The third-order valence-corrected chi connectivity index (χ3v) is 10.1. The van der Waals surface area contributed by atoms with Crippen LogP contribution in [0.1, 0.15) is 48.1 Å². The lowest BCUT2D eigenvalue weighted by molar-refractivity contribution is -0.151. The summed E-state index contributed by atoms with van der Waals surface area (Å²) in [5.74, 6) is -2.18. The minimum absolute atomic E-state index is 0.129. The van der Waals surface area contributed by atoms with Crippen molar-refractivity contribution in [3.63, 3.8) is 0 Å². The number of nitrogens with zero attached hydrogens (tertiary/aromatic N) is 5. The summed E-state index contributed by atoms with van der Waals surface area (Å²) in [6, 6.07) is -2.20. The zero-order chi connectivity index (χ0) is 27.5. The van der Waals surface area contributed by atoms with Crippen molar-refractivity contribution < 1.29 is 32.7 Å². The third-order valence-electron chi connectivity index (χ3n) is 6.29. The third kappa shape index (κ3) is 4.91. The molecule has 0 bridgehead atoms. The van der Waals surface area contributed by atoms with Gasteiger partial charge < -0.3 is 10.4 Å². The predicted octanol–water partition coefficient (Wildman–Crippen LogP) is 3.68. The van der Waals surface area contributed by atoms with Crippen LogP contribution in [0.2, 0.25) is 5.02 Å². The number of alkyl halides is 3. The number of carbonyl (C=O) groups is 3. The number of hydrogen-bond donors (Lipinski definition) is 2. The van der Waals surface area contributed by atoms with Crippen LogP contribution in [0.3, 0.4) is 0 Å². The molecule has 2 aliphatic heterocycles. The van der Waals surface area contributed by atoms with E-state index in [0.29, 0.717) is 34.3 Å². The van der Waals surface area contributed by atoms with Gasteiger partial charge in [-0.1, -0.05) is 34.7 Å². The van der Waals surface area contributed by atoms with Gasteiger partial charge in [0.25, 0.3) is 5.91 Å². The highest BCUT2D eigenvalue weighted by Crippen LogP contribution is 2.48. The van der Waals surface area contributed by atoms with Crippen LogP contribution in [0.4, 0.5) is 13.2 Å². The molecular weight excluding hydrogens is 589 g/mol. The lowest BCUT2D eigenvalue weighted by atomic mass is 10.0. The maximum absolute atomic E-state index is 13.4. The van der Waals surface area contributed by atoms with Gasteiger partial charge in [-0.15, -0.1) is 22.0 Å². The molecule has 4 heterocycles. The number of β-lactam (4-membered cyclic amide) rings is 1. The fraction of sp³-hybridized carbons (Fsp3) is 0.524. The second kappa shape index (κ2) is 10.0. The number of halogens is 4. The quantitative estimate of drug-likeness (QED) is 0.340. The number of thioether (sulfide) groups is 2. The molecule has 3 unspecified atom stereocenters. The lowest BCUT2D eigenvalue weighted by Crippen LogP contribution is -2.71. The van der Waals surface area contributed by atoms with Crippen LogP contribution in [0.15, 0.2) is 15.6 Å². The molecule has 2 fully saturated rings. The number of hydrogen-bond acceptors (Lipinski definition) is 9.